The molecule has 2 rings (SSSR count). The first-order chi connectivity index (χ1) is 8.67. The first-order valence-electron chi connectivity index (χ1n) is 6.30. The van der Waals surface area contributed by atoms with Crippen molar-refractivity contribution in [2.24, 2.45) is 0 Å². The van der Waals surface area contributed by atoms with Gasteiger partial charge in [-0.3, -0.25) is 10.1 Å². The van der Waals surface area contributed by atoms with Gasteiger partial charge in [0.15, 0.2) is 0 Å². The maximum Gasteiger partial charge on any atom is 0.241 e. The van der Waals surface area contributed by atoms with Crippen LogP contribution in [-0.2, 0) is 9.53 Å². The van der Waals surface area contributed by atoms with Crippen molar-refractivity contribution in [2.45, 2.75) is 38.6 Å². The topological polar surface area (TPSA) is 41.6 Å². The largest absolute Gasteiger partial charge is 0.380 e. The molecule has 3 atom stereocenters. The summed E-state index contributed by atoms with van der Waals surface area (Å²) in [6.07, 6.45) is 0.868. The highest BCUT2D eigenvalue weighted by molar-refractivity contribution is 7.10. The lowest BCUT2D eigenvalue weighted by atomic mass is 10.2. The molecule has 0 spiro atoms. The van der Waals surface area contributed by atoms with Crippen LogP contribution in [0, 0.1) is 0 Å². The summed E-state index contributed by atoms with van der Waals surface area (Å²) in [7, 11) is 1.68. The molecule has 0 aromatic carbocycles. The van der Waals surface area contributed by atoms with E-state index in [2.05, 4.69) is 11.4 Å². The van der Waals surface area contributed by atoms with Gasteiger partial charge in [0.25, 0.3) is 0 Å². The Morgan fingerprint density at radius 1 is 1.61 bits per heavy atom. The van der Waals surface area contributed by atoms with E-state index in [4.69, 9.17) is 4.74 Å². The van der Waals surface area contributed by atoms with Crippen LogP contribution in [0.3, 0.4) is 0 Å². The highest BCUT2D eigenvalue weighted by atomic mass is 32.1. The number of carbonyl (C=O) groups excluding carboxylic acids is 1. The smallest absolute Gasteiger partial charge is 0.241 e. The molecule has 5 heteroatoms. The number of rotatable bonds is 5. The fourth-order valence-electron chi connectivity index (χ4n) is 2.20. The fourth-order valence-corrected chi connectivity index (χ4v) is 3.00. The van der Waals surface area contributed by atoms with Crippen molar-refractivity contribution < 1.29 is 9.53 Å². The molecular weight excluding hydrogens is 248 g/mol. The van der Waals surface area contributed by atoms with E-state index in [0.717, 1.165) is 6.42 Å². The summed E-state index contributed by atoms with van der Waals surface area (Å²) >= 11 is 1.68. The van der Waals surface area contributed by atoms with Gasteiger partial charge in [-0.15, -0.1) is 11.3 Å². The Morgan fingerprint density at radius 2 is 2.39 bits per heavy atom. The number of nitrogens with one attached hydrogen (secondary N) is 1. The highest BCUT2D eigenvalue weighted by Crippen LogP contribution is 2.29. The van der Waals surface area contributed by atoms with Gasteiger partial charge in [0.1, 0.15) is 6.17 Å². The molecule has 0 aliphatic carbocycles. The van der Waals surface area contributed by atoms with Crippen molar-refractivity contribution in [3.8, 4) is 0 Å². The van der Waals surface area contributed by atoms with Crippen molar-refractivity contribution in [1.82, 2.24) is 10.2 Å². The van der Waals surface area contributed by atoms with Gasteiger partial charge in [0.2, 0.25) is 5.91 Å². The predicted molar refractivity (Wildman–Crippen MR) is 72.5 cm³/mol. The van der Waals surface area contributed by atoms with Gasteiger partial charge in [0, 0.05) is 18.5 Å². The Hall–Kier alpha value is -0.910. The second-order valence-electron chi connectivity index (χ2n) is 4.58. The van der Waals surface area contributed by atoms with E-state index in [9.17, 15) is 4.79 Å². The zero-order valence-electron chi connectivity index (χ0n) is 11.1. The summed E-state index contributed by atoms with van der Waals surface area (Å²) in [4.78, 5) is 15.4. The van der Waals surface area contributed by atoms with E-state index >= 15 is 0 Å². The number of ether oxygens (including phenoxy) is 1. The summed E-state index contributed by atoms with van der Waals surface area (Å²) < 4.78 is 5.28. The van der Waals surface area contributed by atoms with Crippen LogP contribution < -0.4 is 5.32 Å². The average Bonchev–Trinajstić information content (AvgIpc) is 2.99. The number of amides is 1. The number of nitrogens with zero attached hydrogens (tertiary/aromatic N) is 1. The Bertz CT molecular complexity index is 394. The quantitative estimate of drug-likeness (QED) is 0.888. The van der Waals surface area contributed by atoms with Crippen molar-refractivity contribution >= 4 is 17.2 Å². The molecule has 0 bridgehead atoms. The van der Waals surface area contributed by atoms with Crippen molar-refractivity contribution in [2.75, 3.05) is 13.7 Å². The third-order valence-corrected chi connectivity index (χ3v) is 4.25. The van der Waals surface area contributed by atoms with Crippen molar-refractivity contribution in [1.29, 1.82) is 0 Å². The third kappa shape index (κ3) is 2.58. The maximum absolute atomic E-state index is 12.3. The molecule has 18 heavy (non-hydrogen) atoms. The van der Waals surface area contributed by atoms with E-state index in [1.54, 1.807) is 18.4 Å². The predicted octanol–water partition coefficient (Wildman–Crippen LogP) is 1.99. The first-order valence-corrected chi connectivity index (χ1v) is 7.18. The fraction of sp³-hybridized carbons (Fsp3) is 0.615. The van der Waals surface area contributed by atoms with Crippen LogP contribution in [0.1, 0.15) is 31.3 Å². The van der Waals surface area contributed by atoms with Crippen LogP contribution >= 0.6 is 11.3 Å². The lowest BCUT2D eigenvalue weighted by Crippen LogP contribution is -2.36. The summed E-state index contributed by atoms with van der Waals surface area (Å²) in [5, 5.41) is 5.44. The van der Waals surface area contributed by atoms with Gasteiger partial charge in [0.05, 0.1) is 12.1 Å². The molecule has 3 unspecified atom stereocenters. The number of hydrogen-bond acceptors (Lipinski definition) is 4. The Labute approximate surface area is 112 Å². The van der Waals surface area contributed by atoms with E-state index in [1.165, 1.54) is 4.88 Å². The molecule has 1 amide bonds. The minimum Gasteiger partial charge on any atom is -0.380 e. The minimum atomic E-state index is -0.0684. The van der Waals surface area contributed by atoms with Crippen LogP contribution in [0.5, 0.6) is 0 Å². The second kappa shape index (κ2) is 5.82. The lowest BCUT2D eigenvalue weighted by molar-refractivity contribution is -0.131. The molecule has 1 aromatic heterocycles. The number of methoxy groups -OCH3 is 1. The monoisotopic (exact) mass is 268 g/mol. The molecule has 0 radical (unpaired) electrons. The van der Waals surface area contributed by atoms with Crippen LogP contribution in [0.2, 0.25) is 0 Å². The second-order valence-corrected chi connectivity index (χ2v) is 5.56. The zero-order valence-corrected chi connectivity index (χ0v) is 11.9. The third-order valence-electron chi connectivity index (χ3n) is 3.33. The molecule has 1 saturated heterocycles. The van der Waals surface area contributed by atoms with Crippen LogP contribution in [0.25, 0.3) is 0 Å². The molecule has 100 valence electrons. The molecule has 2 heterocycles. The highest BCUT2D eigenvalue weighted by Gasteiger charge is 2.39. The van der Waals surface area contributed by atoms with Crippen molar-refractivity contribution in [3.63, 3.8) is 0 Å². The first kappa shape index (κ1) is 13.5. The lowest BCUT2D eigenvalue weighted by Gasteiger charge is -2.25. The van der Waals surface area contributed by atoms with Gasteiger partial charge in [-0.2, -0.15) is 0 Å². The molecular formula is C13H20N2O2S. The summed E-state index contributed by atoms with van der Waals surface area (Å²) in [5.41, 5.74) is 0. The summed E-state index contributed by atoms with van der Waals surface area (Å²) in [6.45, 7) is 4.64. The Morgan fingerprint density at radius 3 is 2.94 bits per heavy atom. The van der Waals surface area contributed by atoms with E-state index in [0.29, 0.717) is 6.54 Å². The van der Waals surface area contributed by atoms with E-state index in [-0.39, 0.29) is 24.2 Å². The minimum absolute atomic E-state index is 0.0000463. The average molecular weight is 268 g/mol. The zero-order chi connectivity index (χ0) is 13.1. The van der Waals surface area contributed by atoms with Gasteiger partial charge in [-0.25, -0.2) is 0 Å². The number of hydrogen-bond donors (Lipinski definition) is 1. The van der Waals surface area contributed by atoms with Crippen LogP contribution in [-0.4, -0.2) is 36.6 Å². The normalized spacial score (nSPS) is 25.7. The Balaban J connectivity index is 2.18. The summed E-state index contributed by atoms with van der Waals surface area (Å²) in [6, 6.07) is 4.02. The molecule has 0 saturated carbocycles. The van der Waals surface area contributed by atoms with Gasteiger partial charge in [-0.1, -0.05) is 13.0 Å². The van der Waals surface area contributed by atoms with Gasteiger partial charge in [-0.05, 0) is 24.8 Å². The molecule has 1 fully saturated rings. The van der Waals surface area contributed by atoms with Crippen LogP contribution in [0.4, 0.5) is 0 Å². The maximum atomic E-state index is 12.3. The standard InChI is InChI=1S/C13H20N2O2S/c1-4-10-13(16)15(8-9(2)17-3)12(14-10)11-6-5-7-18-11/h5-7,9-10,12,14H,4,8H2,1-3H3. The molecule has 4 nitrogen and oxygen atoms in total. The molecule has 1 aliphatic heterocycles. The SMILES string of the molecule is CCC1NC(c2cccs2)N(CC(C)OC)C1=O. The molecule has 1 aliphatic rings. The Kier molecular flexibility index (Phi) is 4.37. The van der Waals surface area contributed by atoms with Crippen LogP contribution in [0.15, 0.2) is 17.5 Å². The molecule has 1 aromatic rings. The molecule has 1 N–H and O–H groups in total. The van der Waals surface area contributed by atoms with Gasteiger partial charge < -0.3 is 9.64 Å². The van der Waals surface area contributed by atoms with E-state index in [1.807, 2.05) is 30.2 Å². The number of carbonyl (C=O) groups is 1. The van der Waals surface area contributed by atoms with E-state index < -0.39 is 0 Å². The number of thiophene rings is 1. The summed E-state index contributed by atoms with van der Waals surface area (Å²) in [5.74, 6) is 0.180. The van der Waals surface area contributed by atoms with Crippen molar-refractivity contribution in [3.05, 3.63) is 22.4 Å². The van der Waals surface area contributed by atoms with Gasteiger partial charge >= 0.3 is 0 Å².